The van der Waals surface area contributed by atoms with Crippen LogP contribution in [0.3, 0.4) is 0 Å². The van der Waals surface area contributed by atoms with Gasteiger partial charge in [0.15, 0.2) is 5.82 Å². The molecule has 0 N–H and O–H groups in total. The van der Waals surface area contributed by atoms with Crippen LogP contribution < -0.4 is 0 Å². The van der Waals surface area contributed by atoms with Gasteiger partial charge in [-0.15, -0.1) is 11.3 Å². The highest BCUT2D eigenvalue weighted by Crippen LogP contribution is 2.43. The summed E-state index contributed by atoms with van der Waals surface area (Å²) < 4.78 is 4.77. The van der Waals surface area contributed by atoms with Crippen LogP contribution in [0.2, 0.25) is 0 Å². The van der Waals surface area contributed by atoms with E-state index in [0.29, 0.717) is 0 Å². The highest BCUT2D eigenvalue weighted by molar-refractivity contribution is 7.26. The molecule has 0 atom stereocenters. The maximum absolute atomic E-state index is 5.33. The van der Waals surface area contributed by atoms with E-state index in [2.05, 4.69) is 200 Å². The van der Waals surface area contributed by atoms with E-state index in [1.165, 1.54) is 54.3 Å². The first-order valence-electron chi connectivity index (χ1n) is 20.3. The number of rotatable bonds is 8. The summed E-state index contributed by atoms with van der Waals surface area (Å²) in [4.78, 5) is 10.5. The molecule has 8 aromatic carbocycles. The molecule has 280 valence electrons. The Kier molecular flexibility index (Phi) is 8.71. The van der Waals surface area contributed by atoms with Crippen molar-refractivity contribution in [3.63, 3.8) is 0 Å². The van der Waals surface area contributed by atoms with Crippen LogP contribution >= 0.6 is 11.3 Å². The number of hydrogen-bond donors (Lipinski definition) is 0. The standard InChI is InChI=1S/C55H39N3S/c1-36-16-8-10-22-42(36)43-23-11-9-19-39(43)30-28-37-29-32-50-47(34-37)44-24-12-14-26-48(44)58(50)49-33-31-41(35-46(49)38-17-4-2-5-18-38)52-54-53(45-25-13-15-27-51(45)59-54)57-55(56-52)40-20-6-3-7-21-40/h2-27,29,31-35H,28,30H2,1H3. The van der Waals surface area contributed by atoms with E-state index in [1.54, 1.807) is 11.3 Å². The summed E-state index contributed by atoms with van der Waals surface area (Å²) >= 11 is 1.77. The van der Waals surface area contributed by atoms with Crippen LogP contribution in [0.15, 0.2) is 194 Å². The van der Waals surface area contributed by atoms with Crippen LogP contribution in [0.1, 0.15) is 16.7 Å². The van der Waals surface area contributed by atoms with Crippen molar-refractivity contribution in [2.24, 2.45) is 0 Å². The fourth-order valence-electron chi connectivity index (χ4n) is 8.82. The number of aryl methyl sites for hydroxylation is 3. The molecular weight excluding hydrogens is 735 g/mol. The van der Waals surface area contributed by atoms with Gasteiger partial charge in [-0.05, 0) is 89.5 Å². The van der Waals surface area contributed by atoms with E-state index in [9.17, 15) is 0 Å². The van der Waals surface area contributed by atoms with Crippen molar-refractivity contribution in [3.8, 4) is 50.6 Å². The zero-order valence-corrected chi connectivity index (χ0v) is 33.5. The third-order valence-electron chi connectivity index (χ3n) is 11.7. The smallest absolute Gasteiger partial charge is 0.160 e. The highest BCUT2D eigenvalue weighted by atomic mass is 32.1. The molecule has 0 fully saturated rings. The SMILES string of the molecule is Cc1ccccc1-c1ccccc1CCc1ccc2c(c1)c1ccccc1n2-c1ccc(-c2nc(-c3ccccc3)nc3c2sc2ccccc23)cc1-c1ccccc1. The lowest BCUT2D eigenvalue weighted by molar-refractivity contribution is 0.964. The summed E-state index contributed by atoms with van der Waals surface area (Å²) in [5, 5.41) is 3.68. The third kappa shape index (κ3) is 6.21. The van der Waals surface area contributed by atoms with Crippen molar-refractivity contribution >= 4 is 53.4 Å². The fraction of sp³-hybridized carbons (Fsp3) is 0.0545. The molecule has 0 aliphatic carbocycles. The Morgan fingerprint density at radius 1 is 0.475 bits per heavy atom. The summed E-state index contributed by atoms with van der Waals surface area (Å²) in [7, 11) is 0. The maximum Gasteiger partial charge on any atom is 0.160 e. The molecule has 4 heteroatoms. The predicted molar refractivity (Wildman–Crippen MR) is 250 cm³/mol. The summed E-state index contributed by atoms with van der Waals surface area (Å²) in [5.74, 6) is 0.735. The number of fused-ring (bicyclic) bond motifs is 6. The molecule has 11 aromatic rings. The molecule has 0 bridgehead atoms. The molecule has 0 aliphatic heterocycles. The minimum atomic E-state index is 0.735. The van der Waals surface area contributed by atoms with Gasteiger partial charge in [0.05, 0.1) is 32.6 Å². The lowest BCUT2D eigenvalue weighted by atomic mass is 9.92. The van der Waals surface area contributed by atoms with E-state index in [-0.39, 0.29) is 0 Å². The average Bonchev–Trinajstić information content (AvgIpc) is 3.84. The van der Waals surface area contributed by atoms with Gasteiger partial charge >= 0.3 is 0 Å². The Morgan fingerprint density at radius 2 is 1.15 bits per heavy atom. The second-order valence-electron chi connectivity index (χ2n) is 15.3. The van der Waals surface area contributed by atoms with Crippen LogP contribution in [0.5, 0.6) is 0 Å². The first-order chi connectivity index (χ1) is 29.2. The molecule has 0 aliphatic rings. The number of aromatic nitrogens is 3. The molecule has 0 amide bonds. The Hall–Kier alpha value is -7.14. The van der Waals surface area contributed by atoms with Gasteiger partial charge in [-0.1, -0.05) is 158 Å². The zero-order valence-electron chi connectivity index (χ0n) is 32.6. The van der Waals surface area contributed by atoms with Crippen molar-refractivity contribution < 1.29 is 0 Å². The van der Waals surface area contributed by atoms with Crippen LogP contribution in [0.25, 0.3) is 92.7 Å². The van der Waals surface area contributed by atoms with E-state index in [0.717, 1.165) is 67.9 Å². The van der Waals surface area contributed by atoms with Crippen LogP contribution in [-0.4, -0.2) is 14.5 Å². The van der Waals surface area contributed by atoms with E-state index in [4.69, 9.17) is 9.97 Å². The molecule has 0 saturated carbocycles. The van der Waals surface area contributed by atoms with Crippen LogP contribution in [0, 0.1) is 6.92 Å². The molecule has 0 saturated heterocycles. The number of para-hydroxylation sites is 1. The second-order valence-corrected chi connectivity index (χ2v) is 16.4. The Bertz CT molecular complexity index is 3340. The van der Waals surface area contributed by atoms with E-state index >= 15 is 0 Å². The van der Waals surface area contributed by atoms with Gasteiger partial charge in [0.1, 0.15) is 0 Å². The Morgan fingerprint density at radius 3 is 1.98 bits per heavy atom. The monoisotopic (exact) mass is 773 g/mol. The van der Waals surface area contributed by atoms with Crippen molar-refractivity contribution in [1.82, 2.24) is 14.5 Å². The van der Waals surface area contributed by atoms with Crippen molar-refractivity contribution in [3.05, 3.63) is 211 Å². The van der Waals surface area contributed by atoms with Crippen LogP contribution in [0.4, 0.5) is 0 Å². The van der Waals surface area contributed by atoms with Gasteiger partial charge < -0.3 is 4.57 Å². The lowest BCUT2D eigenvalue weighted by Crippen LogP contribution is -1.99. The normalized spacial score (nSPS) is 11.6. The molecule has 0 unspecified atom stereocenters. The molecule has 3 heterocycles. The maximum atomic E-state index is 5.33. The lowest BCUT2D eigenvalue weighted by Gasteiger charge is -2.16. The van der Waals surface area contributed by atoms with Crippen molar-refractivity contribution in [1.29, 1.82) is 0 Å². The Balaban J connectivity index is 1.06. The van der Waals surface area contributed by atoms with Crippen molar-refractivity contribution in [2.75, 3.05) is 0 Å². The third-order valence-corrected chi connectivity index (χ3v) is 12.9. The largest absolute Gasteiger partial charge is 0.309 e. The summed E-state index contributed by atoms with van der Waals surface area (Å²) in [5.41, 5.74) is 16.5. The van der Waals surface area contributed by atoms with E-state index < -0.39 is 0 Å². The molecule has 3 aromatic heterocycles. The summed E-state index contributed by atoms with van der Waals surface area (Å²) in [6, 6.07) is 70.1. The molecule has 0 spiro atoms. The minimum absolute atomic E-state index is 0.735. The number of nitrogens with zero attached hydrogens (tertiary/aromatic N) is 3. The van der Waals surface area contributed by atoms with Crippen molar-refractivity contribution in [2.45, 2.75) is 19.8 Å². The highest BCUT2D eigenvalue weighted by Gasteiger charge is 2.21. The second kappa shape index (κ2) is 14.7. The molecule has 0 radical (unpaired) electrons. The quantitative estimate of drug-likeness (QED) is 0.154. The van der Waals surface area contributed by atoms with Gasteiger partial charge in [0.2, 0.25) is 0 Å². The molecule has 11 rings (SSSR count). The first-order valence-corrected chi connectivity index (χ1v) is 21.1. The fourth-order valence-corrected chi connectivity index (χ4v) is 9.97. The number of thiophene rings is 1. The topological polar surface area (TPSA) is 30.7 Å². The Labute approximate surface area is 347 Å². The van der Waals surface area contributed by atoms with Gasteiger partial charge in [0, 0.05) is 37.5 Å². The van der Waals surface area contributed by atoms with Gasteiger partial charge in [-0.25, -0.2) is 9.97 Å². The number of hydrogen-bond acceptors (Lipinski definition) is 3. The van der Waals surface area contributed by atoms with Crippen LogP contribution in [-0.2, 0) is 12.8 Å². The van der Waals surface area contributed by atoms with Gasteiger partial charge in [0.25, 0.3) is 0 Å². The zero-order chi connectivity index (χ0) is 39.3. The molecule has 59 heavy (non-hydrogen) atoms. The molecular formula is C55H39N3S. The van der Waals surface area contributed by atoms with Gasteiger partial charge in [-0.3, -0.25) is 0 Å². The minimum Gasteiger partial charge on any atom is -0.309 e. The first kappa shape index (κ1) is 35.1. The van der Waals surface area contributed by atoms with E-state index in [1.807, 2.05) is 6.07 Å². The number of benzene rings is 8. The summed E-state index contributed by atoms with van der Waals surface area (Å²) in [6.07, 6.45) is 1.93. The average molecular weight is 774 g/mol. The predicted octanol–water partition coefficient (Wildman–Crippen LogP) is 14.7. The van der Waals surface area contributed by atoms with Gasteiger partial charge in [-0.2, -0.15) is 0 Å². The summed E-state index contributed by atoms with van der Waals surface area (Å²) in [6.45, 7) is 2.20. The molecule has 3 nitrogen and oxygen atoms in total.